The van der Waals surface area contributed by atoms with E-state index < -0.39 is 18.0 Å². The van der Waals surface area contributed by atoms with Crippen LogP contribution in [0.5, 0.6) is 0 Å². The average Bonchev–Trinajstić information content (AvgIpc) is 2.25. The van der Waals surface area contributed by atoms with Gasteiger partial charge in [-0.15, -0.1) is 0 Å². The zero-order valence-corrected chi connectivity index (χ0v) is 9.37. The molecule has 0 fully saturated rings. The third kappa shape index (κ3) is 5.84. The molecular weight excluding hydrogens is 214 g/mol. The lowest BCUT2D eigenvalue weighted by molar-refractivity contribution is -0.139. The highest BCUT2D eigenvalue weighted by atomic mass is 16.4. The van der Waals surface area contributed by atoms with Gasteiger partial charge in [-0.3, -0.25) is 4.79 Å². The van der Waals surface area contributed by atoms with Crippen molar-refractivity contribution in [3.8, 4) is 0 Å². The van der Waals surface area contributed by atoms with Crippen molar-refractivity contribution in [2.24, 2.45) is 0 Å². The number of nitrogens with one attached hydrogen (secondary N) is 3. The van der Waals surface area contributed by atoms with Crippen LogP contribution in [0, 0.1) is 0 Å². The average molecular weight is 231 g/mol. The van der Waals surface area contributed by atoms with Crippen molar-refractivity contribution >= 4 is 17.9 Å². The first-order valence-electron chi connectivity index (χ1n) is 4.99. The van der Waals surface area contributed by atoms with Gasteiger partial charge in [0.1, 0.15) is 6.04 Å². The van der Waals surface area contributed by atoms with E-state index in [9.17, 15) is 14.4 Å². The minimum atomic E-state index is -1.09. The van der Waals surface area contributed by atoms with Crippen molar-refractivity contribution in [3.63, 3.8) is 0 Å². The van der Waals surface area contributed by atoms with Gasteiger partial charge in [0.2, 0.25) is 5.91 Å². The highest BCUT2D eigenvalue weighted by Crippen LogP contribution is 1.96. The van der Waals surface area contributed by atoms with E-state index in [0.29, 0.717) is 12.8 Å². The number of carbonyl (C=O) groups is 3. The van der Waals surface area contributed by atoms with Crippen molar-refractivity contribution in [2.75, 3.05) is 13.6 Å². The molecule has 3 amide bonds. The summed E-state index contributed by atoms with van der Waals surface area (Å²) in [6.07, 6.45) is 0.995. The highest BCUT2D eigenvalue weighted by molar-refractivity contribution is 5.86. The normalized spacial score (nSPS) is 11.4. The maximum Gasteiger partial charge on any atom is 0.326 e. The van der Waals surface area contributed by atoms with Crippen molar-refractivity contribution in [2.45, 2.75) is 25.8 Å². The zero-order valence-electron chi connectivity index (χ0n) is 9.37. The van der Waals surface area contributed by atoms with E-state index in [0.717, 1.165) is 0 Å². The van der Waals surface area contributed by atoms with Crippen LogP contribution in [0.1, 0.15) is 19.8 Å². The number of rotatable bonds is 6. The Morgan fingerprint density at radius 3 is 2.38 bits per heavy atom. The molecule has 7 nitrogen and oxygen atoms in total. The first kappa shape index (κ1) is 14.2. The smallest absolute Gasteiger partial charge is 0.326 e. The molecule has 0 aliphatic rings. The Morgan fingerprint density at radius 2 is 1.94 bits per heavy atom. The van der Waals surface area contributed by atoms with Gasteiger partial charge in [0.15, 0.2) is 0 Å². The Kier molecular flexibility index (Phi) is 6.66. The first-order chi connectivity index (χ1) is 7.51. The van der Waals surface area contributed by atoms with E-state index in [2.05, 4.69) is 16.0 Å². The van der Waals surface area contributed by atoms with Gasteiger partial charge in [-0.05, 0) is 6.42 Å². The van der Waals surface area contributed by atoms with Gasteiger partial charge in [0.05, 0.1) is 6.54 Å². The molecule has 0 aromatic carbocycles. The quantitative estimate of drug-likeness (QED) is 0.484. The second-order valence-corrected chi connectivity index (χ2v) is 3.18. The van der Waals surface area contributed by atoms with Crippen LogP contribution in [-0.2, 0) is 9.59 Å². The molecule has 0 aromatic rings. The van der Waals surface area contributed by atoms with Crippen LogP contribution >= 0.6 is 0 Å². The molecule has 1 atom stereocenters. The summed E-state index contributed by atoms with van der Waals surface area (Å²) in [7, 11) is 1.44. The Labute approximate surface area is 93.6 Å². The molecule has 0 saturated heterocycles. The number of carbonyl (C=O) groups excluding carboxylic acids is 2. The van der Waals surface area contributed by atoms with Gasteiger partial charge >= 0.3 is 12.0 Å². The number of aliphatic carboxylic acids is 1. The lowest BCUT2D eigenvalue weighted by atomic mass is 10.2. The van der Waals surface area contributed by atoms with Gasteiger partial charge in [0.25, 0.3) is 0 Å². The van der Waals surface area contributed by atoms with Gasteiger partial charge in [0, 0.05) is 7.05 Å². The van der Waals surface area contributed by atoms with Crippen molar-refractivity contribution in [3.05, 3.63) is 0 Å². The van der Waals surface area contributed by atoms with Gasteiger partial charge in [-0.2, -0.15) is 0 Å². The number of urea groups is 1. The summed E-state index contributed by atoms with van der Waals surface area (Å²) in [6, 6.07) is -1.58. The Bertz CT molecular complexity index is 267. The molecule has 0 aromatic heterocycles. The van der Waals surface area contributed by atoms with Crippen molar-refractivity contribution in [1.29, 1.82) is 0 Å². The number of carboxylic acids is 1. The van der Waals surface area contributed by atoms with E-state index in [1.165, 1.54) is 7.05 Å². The Hall–Kier alpha value is -1.79. The fourth-order valence-electron chi connectivity index (χ4n) is 1.00. The van der Waals surface area contributed by atoms with Crippen LogP contribution < -0.4 is 16.0 Å². The van der Waals surface area contributed by atoms with Crippen molar-refractivity contribution in [1.82, 2.24) is 16.0 Å². The summed E-state index contributed by atoms with van der Waals surface area (Å²) in [5.41, 5.74) is 0. The molecular formula is C9H17N3O4. The molecule has 0 rings (SSSR count). The second kappa shape index (κ2) is 7.49. The fourth-order valence-corrected chi connectivity index (χ4v) is 1.00. The van der Waals surface area contributed by atoms with Crippen LogP contribution in [0.15, 0.2) is 0 Å². The molecule has 16 heavy (non-hydrogen) atoms. The van der Waals surface area contributed by atoms with Gasteiger partial charge in [-0.1, -0.05) is 13.3 Å². The summed E-state index contributed by atoms with van der Waals surface area (Å²) in [5.74, 6) is -1.44. The number of carboxylic acid groups (broad SMARTS) is 1. The Balaban J connectivity index is 4.00. The SMILES string of the molecule is CCC[C@@H](NC(=O)NCC(=O)NC)C(=O)O. The predicted octanol–water partition coefficient (Wildman–Crippen LogP) is -0.715. The molecule has 7 heteroatoms. The lowest BCUT2D eigenvalue weighted by Gasteiger charge is -2.13. The van der Waals surface area contributed by atoms with Crippen LogP contribution in [0.2, 0.25) is 0 Å². The summed E-state index contributed by atoms with van der Waals surface area (Å²) < 4.78 is 0. The monoisotopic (exact) mass is 231 g/mol. The van der Waals surface area contributed by atoms with Crippen LogP contribution in [-0.4, -0.2) is 42.6 Å². The van der Waals surface area contributed by atoms with E-state index in [-0.39, 0.29) is 12.5 Å². The molecule has 0 unspecified atom stereocenters. The van der Waals surface area contributed by atoms with E-state index >= 15 is 0 Å². The van der Waals surface area contributed by atoms with Crippen LogP contribution in [0.4, 0.5) is 4.79 Å². The number of likely N-dealkylation sites (N-methyl/N-ethyl adjacent to an activating group) is 1. The first-order valence-corrected chi connectivity index (χ1v) is 4.99. The van der Waals surface area contributed by atoms with Gasteiger partial charge < -0.3 is 21.1 Å². The third-order valence-electron chi connectivity index (χ3n) is 1.87. The molecule has 4 N–H and O–H groups in total. The molecule has 92 valence electrons. The molecule has 0 saturated carbocycles. The zero-order chi connectivity index (χ0) is 12.6. The Morgan fingerprint density at radius 1 is 1.31 bits per heavy atom. The number of hydrogen-bond donors (Lipinski definition) is 4. The van der Waals surface area contributed by atoms with Crippen LogP contribution in [0.25, 0.3) is 0 Å². The standard InChI is InChI=1S/C9H17N3O4/c1-3-4-6(8(14)15)12-9(16)11-5-7(13)10-2/h6H,3-5H2,1-2H3,(H,10,13)(H,14,15)(H2,11,12,16)/t6-/m1/s1. The number of hydrogen-bond acceptors (Lipinski definition) is 3. The molecule has 0 aliphatic carbocycles. The largest absolute Gasteiger partial charge is 0.480 e. The summed E-state index contributed by atoms with van der Waals surface area (Å²) in [6.45, 7) is 1.64. The maximum atomic E-state index is 11.2. The molecule has 0 radical (unpaired) electrons. The second-order valence-electron chi connectivity index (χ2n) is 3.18. The molecule has 0 bridgehead atoms. The van der Waals surface area contributed by atoms with Crippen molar-refractivity contribution < 1.29 is 19.5 Å². The third-order valence-corrected chi connectivity index (χ3v) is 1.87. The lowest BCUT2D eigenvalue weighted by Crippen LogP contribution is -2.48. The highest BCUT2D eigenvalue weighted by Gasteiger charge is 2.18. The van der Waals surface area contributed by atoms with E-state index in [4.69, 9.17) is 5.11 Å². The minimum absolute atomic E-state index is 0.180. The fraction of sp³-hybridized carbons (Fsp3) is 0.667. The topological polar surface area (TPSA) is 108 Å². The predicted molar refractivity (Wildman–Crippen MR) is 56.9 cm³/mol. The minimum Gasteiger partial charge on any atom is -0.480 e. The maximum absolute atomic E-state index is 11.2. The summed E-state index contributed by atoms with van der Waals surface area (Å²) in [5, 5.41) is 15.6. The van der Waals surface area contributed by atoms with Crippen LogP contribution in [0.3, 0.4) is 0 Å². The van der Waals surface area contributed by atoms with E-state index in [1.54, 1.807) is 0 Å². The summed E-state index contributed by atoms with van der Waals surface area (Å²) >= 11 is 0. The van der Waals surface area contributed by atoms with E-state index in [1.807, 2.05) is 6.92 Å². The molecule has 0 aliphatic heterocycles. The summed E-state index contributed by atoms with van der Waals surface area (Å²) in [4.78, 5) is 32.7. The molecule has 0 heterocycles. The molecule has 0 spiro atoms. The van der Waals surface area contributed by atoms with Gasteiger partial charge in [-0.25, -0.2) is 9.59 Å². The number of amides is 3.